The van der Waals surface area contributed by atoms with Gasteiger partial charge >= 0.3 is 6.18 Å². The lowest BCUT2D eigenvalue weighted by Gasteiger charge is -2.10. The molecular formula is C7H5F5N2O2S. The van der Waals surface area contributed by atoms with Crippen molar-refractivity contribution in [3.05, 3.63) is 23.4 Å². The van der Waals surface area contributed by atoms with Gasteiger partial charge in [-0.3, -0.25) is 0 Å². The van der Waals surface area contributed by atoms with Crippen LogP contribution in [0.4, 0.5) is 22.0 Å². The molecule has 0 amide bonds. The van der Waals surface area contributed by atoms with Crippen LogP contribution in [-0.4, -0.2) is 13.4 Å². The zero-order valence-corrected chi connectivity index (χ0v) is 8.69. The zero-order chi connectivity index (χ0) is 13.4. The van der Waals surface area contributed by atoms with E-state index in [0.29, 0.717) is 6.07 Å². The van der Waals surface area contributed by atoms with Crippen molar-refractivity contribution in [3.63, 3.8) is 0 Å². The maximum Gasteiger partial charge on any atom is 0.433 e. The highest BCUT2D eigenvalue weighted by Crippen LogP contribution is 2.31. The minimum atomic E-state index is -4.94. The van der Waals surface area contributed by atoms with Crippen molar-refractivity contribution >= 4 is 10.0 Å². The molecule has 0 unspecified atom stereocenters. The van der Waals surface area contributed by atoms with Gasteiger partial charge in [-0.15, -0.1) is 0 Å². The Labute approximate surface area is 92.3 Å². The van der Waals surface area contributed by atoms with Crippen LogP contribution in [0.25, 0.3) is 0 Å². The van der Waals surface area contributed by atoms with Gasteiger partial charge in [-0.25, -0.2) is 27.3 Å². The van der Waals surface area contributed by atoms with Crippen LogP contribution in [0.2, 0.25) is 0 Å². The number of hydrogen-bond acceptors (Lipinski definition) is 3. The first kappa shape index (κ1) is 13.8. The molecule has 0 fully saturated rings. The van der Waals surface area contributed by atoms with E-state index in [0.717, 1.165) is 0 Å². The van der Waals surface area contributed by atoms with Crippen molar-refractivity contribution in [3.8, 4) is 0 Å². The number of primary sulfonamides is 1. The molecular weight excluding hydrogens is 271 g/mol. The lowest BCUT2D eigenvalue weighted by molar-refractivity contribution is -0.141. The smallest absolute Gasteiger partial charge is 0.230 e. The number of rotatable bonds is 2. The molecule has 1 rings (SSSR count). The second kappa shape index (κ2) is 4.18. The molecule has 96 valence electrons. The molecule has 0 aliphatic heterocycles. The summed E-state index contributed by atoms with van der Waals surface area (Å²) in [6.07, 6.45) is -8.24. The highest BCUT2D eigenvalue weighted by atomic mass is 32.2. The van der Waals surface area contributed by atoms with Gasteiger partial charge in [0.1, 0.15) is 5.69 Å². The van der Waals surface area contributed by atoms with E-state index in [1.807, 2.05) is 0 Å². The van der Waals surface area contributed by atoms with E-state index in [1.165, 1.54) is 0 Å². The van der Waals surface area contributed by atoms with Gasteiger partial charge in [-0.1, -0.05) is 0 Å². The number of alkyl halides is 5. The molecule has 1 aromatic rings. The van der Waals surface area contributed by atoms with Crippen molar-refractivity contribution in [1.29, 1.82) is 0 Å². The SMILES string of the molecule is NS(=O)(=O)c1nc(C(F)(F)F)ccc1C(F)F. The van der Waals surface area contributed by atoms with Crippen molar-refractivity contribution in [1.82, 2.24) is 4.98 Å². The average Bonchev–Trinajstić information content (AvgIpc) is 2.14. The lowest BCUT2D eigenvalue weighted by atomic mass is 10.2. The topological polar surface area (TPSA) is 73.1 Å². The summed E-state index contributed by atoms with van der Waals surface area (Å²) in [5.41, 5.74) is -2.77. The van der Waals surface area contributed by atoms with Gasteiger partial charge in [-0.2, -0.15) is 13.2 Å². The molecule has 1 aromatic heterocycles. The molecule has 2 N–H and O–H groups in total. The number of pyridine rings is 1. The molecule has 1 heterocycles. The molecule has 0 aromatic carbocycles. The number of nitrogens with two attached hydrogens (primary N) is 1. The van der Waals surface area contributed by atoms with Crippen LogP contribution in [0.5, 0.6) is 0 Å². The summed E-state index contributed by atoms with van der Waals surface area (Å²) in [7, 11) is -4.75. The van der Waals surface area contributed by atoms with Gasteiger partial charge in [0.05, 0.1) is 5.56 Å². The van der Waals surface area contributed by atoms with Gasteiger partial charge in [-0.05, 0) is 12.1 Å². The molecule has 17 heavy (non-hydrogen) atoms. The van der Waals surface area contributed by atoms with Crippen LogP contribution in [0.15, 0.2) is 17.2 Å². The van der Waals surface area contributed by atoms with E-state index in [1.54, 1.807) is 0 Å². The summed E-state index contributed by atoms with van der Waals surface area (Å²) in [6, 6.07) is 0.594. The number of nitrogens with zero attached hydrogens (tertiary/aromatic N) is 1. The fourth-order valence-electron chi connectivity index (χ4n) is 1.00. The Morgan fingerprint density at radius 2 is 1.76 bits per heavy atom. The number of aromatic nitrogens is 1. The molecule has 0 bridgehead atoms. The molecule has 0 spiro atoms. The lowest BCUT2D eigenvalue weighted by Crippen LogP contribution is -2.19. The fraction of sp³-hybridized carbons (Fsp3) is 0.286. The van der Waals surface area contributed by atoms with Crippen LogP contribution in [0.3, 0.4) is 0 Å². The van der Waals surface area contributed by atoms with Crippen LogP contribution in [-0.2, 0) is 16.2 Å². The van der Waals surface area contributed by atoms with E-state index < -0.39 is 38.9 Å². The Hall–Kier alpha value is -1.29. The van der Waals surface area contributed by atoms with Crippen molar-refractivity contribution in [2.24, 2.45) is 5.14 Å². The quantitative estimate of drug-likeness (QED) is 0.835. The summed E-state index contributed by atoms with van der Waals surface area (Å²) >= 11 is 0. The molecule has 0 atom stereocenters. The normalized spacial score (nSPS) is 13.1. The fourth-order valence-corrected chi connectivity index (χ4v) is 1.71. The first-order chi connectivity index (χ1) is 7.53. The highest BCUT2D eigenvalue weighted by molar-refractivity contribution is 7.89. The maximum absolute atomic E-state index is 12.3. The predicted molar refractivity (Wildman–Crippen MR) is 45.6 cm³/mol. The van der Waals surface area contributed by atoms with Gasteiger partial charge < -0.3 is 0 Å². The van der Waals surface area contributed by atoms with Crippen LogP contribution in [0.1, 0.15) is 17.7 Å². The zero-order valence-electron chi connectivity index (χ0n) is 7.87. The van der Waals surface area contributed by atoms with Crippen molar-refractivity contribution in [2.75, 3.05) is 0 Å². The molecule has 0 aliphatic carbocycles. The van der Waals surface area contributed by atoms with Crippen LogP contribution >= 0.6 is 0 Å². The predicted octanol–water partition coefficient (Wildman–Crippen LogP) is 1.69. The van der Waals surface area contributed by atoms with Crippen LogP contribution in [0, 0.1) is 0 Å². The van der Waals surface area contributed by atoms with Gasteiger partial charge in [0.25, 0.3) is 16.4 Å². The van der Waals surface area contributed by atoms with E-state index in [2.05, 4.69) is 10.1 Å². The van der Waals surface area contributed by atoms with Crippen LogP contribution < -0.4 is 5.14 Å². The summed E-state index contributed by atoms with van der Waals surface area (Å²) in [4.78, 5) is 2.62. The summed E-state index contributed by atoms with van der Waals surface area (Å²) in [5, 5.41) is 3.05. The van der Waals surface area contributed by atoms with Crippen molar-refractivity contribution < 1.29 is 30.4 Å². The third-order valence-corrected chi connectivity index (χ3v) is 2.55. The third kappa shape index (κ3) is 3.09. The number of sulfonamides is 1. The summed E-state index contributed by atoms with van der Waals surface area (Å²) in [6.45, 7) is 0. The Morgan fingerprint density at radius 1 is 1.24 bits per heavy atom. The first-order valence-electron chi connectivity index (χ1n) is 3.92. The molecule has 0 radical (unpaired) electrons. The van der Waals surface area contributed by atoms with E-state index in [-0.39, 0.29) is 6.07 Å². The molecule has 0 saturated heterocycles. The molecule has 0 saturated carbocycles. The largest absolute Gasteiger partial charge is 0.433 e. The van der Waals surface area contributed by atoms with Gasteiger partial charge in [0.2, 0.25) is 0 Å². The third-order valence-electron chi connectivity index (χ3n) is 1.68. The monoisotopic (exact) mass is 276 g/mol. The Kier molecular flexibility index (Phi) is 3.39. The maximum atomic E-state index is 12.3. The second-order valence-corrected chi connectivity index (χ2v) is 4.41. The average molecular weight is 276 g/mol. The molecule has 0 aliphatic rings. The van der Waals surface area contributed by atoms with Gasteiger partial charge in [0, 0.05) is 0 Å². The minimum Gasteiger partial charge on any atom is -0.230 e. The summed E-state index contributed by atoms with van der Waals surface area (Å²) in [5.74, 6) is 0. The van der Waals surface area contributed by atoms with Gasteiger partial charge in [0.15, 0.2) is 5.03 Å². The number of hydrogen-bond donors (Lipinski definition) is 1. The molecule has 10 heteroatoms. The Morgan fingerprint density at radius 3 is 2.12 bits per heavy atom. The first-order valence-corrected chi connectivity index (χ1v) is 5.47. The van der Waals surface area contributed by atoms with E-state index in [9.17, 15) is 30.4 Å². The number of halogens is 5. The Bertz CT molecular complexity index is 526. The Balaban J connectivity index is 3.52. The standard InChI is InChI=1S/C7H5F5N2O2S/c8-5(9)3-1-2-4(7(10,11)12)14-6(3)17(13,15)16/h1-2,5H,(H2,13,15,16). The highest BCUT2D eigenvalue weighted by Gasteiger charge is 2.35. The molecule has 4 nitrogen and oxygen atoms in total. The van der Waals surface area contributed by atoms with E-state index in [4.69, 9.17) is 0 Å². The second-order valence-electron chi connectivity index (χ2n) is 2.93. The van der Waals surface area contributed by atoms with E-state index >= 15 is 0 Å². The minimum absolute atomic E-state index is 0.260. The van der Waals surface area contributed by atoms with Crippen molar-refractivity contribution in [2.45, 2.75) is 17.6 Å². The summed E-state index contributed by atoms with van der Waals surface area (Å²) < 4.78 is 83.0.